The summed E-state index contributed by atoms with van der Waals surface area (Å²) in [5, 5.41) is 9.62. The van der Waals surface area contributed by atoms with Crippen LogP contribution in [0.5, 0.6) is 5.75 Å². The highest BCUT2D eigenvalue weighted by Gasteiger charge is 2.10. The Kier molecular flexibility index (Phi) is 5.04. The van der Waals surface area contributed by atoms with E-state index < -0.39 is 0 Å². The van der Waals surface area contributed by atoms with E-state index in [0.29, 0.717) is 33.7 Å². The van der Waals surface area contributed by atoms with Crippen LogP contribution in [0.4, 0.5) is 8.78 Å². The minimum atomic E-state index is -0.383. The number of hydrogen-bond acceptors (Lipinski definition) is 3. The molecule has 0 saturated heterocycles. The van der Waals surface area contributed by atoms with Gasteiger partial charge in [0.15, 0.2) is 0 Å². The van der Waals surface area contributed by atoms with E-state index in [1.807, 2.05) is 12.1 Å². The van der Waals surface area contributed by atoms with Gasteiger partial charge in [0.25, 0.3) is 0 Å². The molecule has 0 unspecified atom stereocenters. The Labute approximate surface area is 165 Å². The van der Waals surface area contributed by atoms with Gasteiger partial charge in [-0.3, -0.25) is 0 Å². The Bertz CT molecular complexity index is 1250. The highest BCUT2D eigenvalue weighted by molar-refractivity contribution is 5.91. The molecule has 0 fully saturated rings. The van der Waals surface area contributed by atoms with Crippen LogP contribution in [0.25, 0.3) is 22.7 Å². The van der Waals surface area contributed by atoms with Crippen molar-refractivity contribution in [3.8, 4) is 11.8 Å². The molecule has 0 saturated carbocycles. The van der Waals surface area contributed by atoms with Gasteiger partial charge in [-0.25, -0.2) is 13.8 Å². The molecule has 0 aliphatic carbocycles. The summed E-state index contributed by atoms with van der Waals surface area (Å²) < 4.78 is 32.6. The fourth-order valence-corrected chi connectivity index (χ4v) is 2.94. The number of nitriles is 1. The number of imidazole rings is 1. The second kappa shape index (κ2) is 7.95. The quantitative estimate of drug-likeness (QED) is 0.461. The van der Waals surface area contributed by atoms with Crippen molar-refractivity contribution in [3.63, 3.8) is 0 Å². The van der Waals surface area contributed by atoms with Crippen molar-refractivity contribution in [2.45, 2.75) is 6.61 Å². The average molecular weight is 387 g/mol. The summed E-state index contributed by atoms with van der Waals surface area (Å²) in [5.41, 5.74) is 2.73. The van der Waals surface area contributed by atoms with Crippen molar-refractivity contribution >= 4 is 22.7 Å². The van der Waals surface area contributed by atoms with E-state index >= 15 is 0 Å². The molecule has 6 heteroatoms. The zero-order valence-electron chi connectivity index (χ0n) is 15.2. The summed E-state index contributed by atoms with van der Waals surface area (Å²) in [6, 6.07) is 19.7. The van der Waals surface area contributed by atoms with Gasteiger partial charge in [0.2, 0.25) is 0 Å². The van der Waals surface area contributed by atoms with Crippen LogP contribution >= 0.6 is 0 Å². The first kappa shape index (κ1) is 18.4. The summed E-state index contributed by atoms with van der Waals surface area (Å²) in [6.07, 6.45) is 1.65. The molecule has 0 spiro atoms. The number of H-pyrrole nitrogens is 1. The second-order valence-corrected chi connectivity index (χ2v) is 6.37. The van der Waals surface area contributed by atoms with E-state index in [2.05, 4.69) is 16.0 Å². The number of benzene rings is 3. The van der Waals surface area contributed by atoms with Crippen molar-refractivity contribution in [3.05, 3.63) is 95.3 Å². The average Bonchev–Trinajstić information content (AvgIpc) is 3.14. The van der Waals surface area contributed by atoms with Crippen LogP contribution in [0.1, 0.15) is 17.0 Å². The predicted octanol–water partition coefficient (Wildman–Crippen LogP) is 5.48. The summed E-state index contributed by atoms with van der Waals surface area (Å²) in [7, 11) is 0. The molecule has 0 radical (unpaired) electrons. The summed E-state index contributed by atoms with van der Waals surface area (Å²) in [5.74, 6) is 0.179. The maximum atomic E-state index is 13.4. The number of aromatic nitrogens is 2. The molecule has 0 bridgehead atoms. The van der Waals surface area contributed by atoms with Gasteiger partial charge < -0.3 is 9.72 Å². The number of fused-ring (bicyclic) bond motifs is 1. The van der Waals surface area contributed by atoms with E-state index in [9.17, 15) is 14.0 Å². The Hall–Kier alpha value is -3.98. The lowest BCUT2D eigenvalue weighted by Crippen LogP contribution is -1.97. The molecule has 0 atom stereocenters. The standard InChI is InChI=1S/C23H15F2N3O/c24-18-6-3-4-15(10-18)14-29-22-7-2-1-5-16(22)11-17(13-26)23-27-20-9-8-19(25)12-21(20)28-23/h1-12H,14H2,(H,27,28)/b17-11-. The van der Waals surface area contributed by atoms with Crippen LogP contribution in [0.3, 0.4) is 0 Å². The highest BCUT2D eigenvalue weighted by Crippen LogP contribution is 2.25. The molecular formula is C23H15F2N3O. The fraction of sp³-hybridized carbons (Fsp3) is 0.0435. The normalized spacial score (nSPS) is 11.4. The predicted molar refractivity (Wildman–Crippen MR) is 107 cm³/mol. The van der Waals surface area contributed by atoms with Crippen molar-refractivity contribution in [1.82, 2.24) is 9.97 Å². The molecule has 4 nitrogen and oxygen atoms in total. The molecule has 29 heavy (non-hydrogen) atoms. The number of nitrogens with zero attached hydrogens (tertiary/aromatic N) is 2. The topological polar surface area (TPSA) is 61.7 Å². The van der Waals surface area contributed by atoms with Gasteiger partial charge in [-0.05, 0) is 48.0 Å². The number of rotatable bonds is 5. The van der Waals surface area contributed by atoms with Gasteiger partial charge in [0.05, 0.1) is 16.6 Å². The lowest BCUT2D eigenvalue weighted by molar-refractivity contribution is 0.305. The van der Waals surface area contributed by atoms with Crippen molar-refractivity contribution in [2.75, 3.05) is 0 Å². The fourth-order valence-electron chi connectivity index (χ4n) is 2.94. The van der Waals surface area contributed by atoms with Gasteiger partial charge in [-0.2, -0.15) is 5.26 Å². The van der Waals surface area contributed by atoms with Gasteiger partial charge in [-0.1, -0.05) is 30.3 Å². The molecule has 3 aromatic carbocycles. The molecule has 4 aromatic rings. The first-order valence-electron chi connectivity index (χ1n) is 8.86. The van der Waals surface area contributed by atoms with Crippen molar-refractivity contribution in [2.24, 2.45) is 0 Å². The molecule has 1 heterocycles. The first-order chi connectivity index (χ1) is 14.1. The van der Waals surface area contributed by atoms with Crippen LogP contribution < -0.4 is 4.74 Å². The molecular weight excluding hydrogens is 372 g/mol. The Balaban J connectivity index is 1.64. The third-order valence-electron chi connectivity index (χ3n) is 4.32. The summed E-state index contributed by atoms with van der Waals surface area (Å²) in [6.45, 7) is 0.189. The summed E-state index contributed by atoms with van der Waals surface area (Å²) >= 11 is 0. The zero-order valence-corrected chi connectivity index (χ0v) is 15.2. The lowest BCUT2D eigenvalue weighted by atomic mass is 10.1. The van der Waals surface area contributed by atoms with E-state index in [-0.39, 0.29) is 23.8 Å². The van der Waals surface area contributed by atoms with Crippen LogP contribution in [0.2, 0.25) is 0 Å². The first-order valence-corrected chi connectivity index (χ1v) is 8.86. The van der Waals surface area contributed by atoms with Crippen LogP contribution in [0.15, 0.2) is 66.7 Å². The maximum Gasteiger partial charge on any atom is 0.149 e. The lowest BCUT2D eigenvalue weighted by Gasteiger charge is -2.09. The number of ether oxygens (including phenoxy) is 1. The smallest absolute Gasteiger partial charge is 0.149 e. The Morgan fingerprint density at radius 3 is 2.69 bits per heavy atom. The number of halogens is 2. The second-order valence-electron chi connectivity index (χ2n) is 6.37. The minimum absolute atomic E-state index is 0.189. The summed E-state index contributed by atoms with van der Waals surface area (Å²) in [4.78, 5) is 7.33. The maximum absolute atomic E-state index is 13.4. The molecule has 0 aliphatic heterocycles. The molecule has 142 valence electrons. The van der Waals surface area contributed by atoms with Gasteiger partial charge in [0, 0.05) is 5.56 Å². The van der Waals surface area contributed by atoms with Crippen LogP contribution in [0, 0.1) is 23.0 Å². The van der Waals surface area contributed by atoms with E-state index in [4.69, 9.17) is 4.74 Å². The zero-order chi connectivity index (χ0) is 20.2. The van der Waals surface area contributed by atoms with Crippen LogP contribution in [-0.2, 0) is 6.61 Å². The van der Waals surface area contributed by atoms with Gasteiger partial charge >= 0.3 is 0 Å². The Morgan fingerprint density at radius 1 is 1.03 bits per heavy atom. The monoisotopic (exact) mass is 387 g/mol. The minimum Gasteiger partial charge on any atom is -0.488 e. The number of aromatic amines is 1. The van der Waals surface area contributed by atoms with Gasteiger partial charge in [0.1, 0.15) is 35.9 Å². The number of para-hydroxylation sites is 1. The van der Waals surface area contributed by atoms with Crippen molar-refractivity contribution in [1.29, 1.82) is 5.26 Å². The van der Waals surface area contributed by atoms with Crippen LogP contribution in [-0.4, -0.2) is 9.97 Å². The SMILES string of the molecule is N#C/C(=C/c1ccccc1OCc1cccc(F)c1)c1nc2ccc(F)cc2[nH]1. The number of allylic oxidation sites excluding steroid dienone is 1. The molecule has 1 aromatic heterocycles. The highest BCUT2D eigenvalue weighted by atomic mass is 19.1. The van der Waals surface area contributed by atoms with E-state index in [1.165, 1.54) is 24.3 Å². The molecule has 1 N–H and O–H groups in total. The van der Waals surface area contributed by atoms with Gasteiger partial charge in [-0.15, -0.1) is 0 Å². The number of hydrogen-bond donors (Lipinski definition) is 1. The molecule has 0 amide bonds. The largest absolute Gasteiger partial charge is 0.488 e. The van der Waals surface area contributed by atoms with E-state index in [1.54, 1.807) is 36.4 Å². The third kappa shape index (κ3) is 4.14. The number of nitrogens with one attached hydrogen (secondary N) is 1. The molecule has 4 rings (SSSR count). The Morgan fingerprint density at radius 2 is 1.86 bits per heavy atom. The molecule has 0 aliphatic rings. The third-order valence-corrected chi connectivity index (χ3v) is 4.32. The van der Waals surface area contributed by atoms with E-state index in [0.717, 1.165) is 0 Å². The van der Waals surface area contributed by atoms with Crippen molar-refractivity contribution < 1.29 is 13.5 Å².